The van der Waals surface area contributed by atoms with E-state index < -0.39 is 6.19 Å². The second kappa shape index (κ2) is 14.9. The molecule has 0 unspecified atom stereocenters. The number of ether oxygens (including phenoxy) is 3. The molecule has 0 bridgehead atoms. The van der Waals surface area contributed by atoms with Crippen LogP contribution in [-0.4, -0.2) is 93.4 Å². The predicted molar refractivity (Wildman–Crippen MR) is 198 cm³/mol. The molecule has 2 aromatic rings. The van der Waals surface area contributed by atoms with Crippen molar-refractivity contribution in [2.24, 2.45) is 0 Å². The maximum absolute atomic E-state index is 7.29. The monoisotopic (exact) mass is 785 g/mol. The number of allylic oxidation sites excluding steroid dienone is 4. The van der Waals surface area contributed by atoms with Gasteiger partial charge in [-0.2, -0.15) is 0 Å². The van der Waals surface area contributed by atoms with Crippen molar-refractivity contribution in [2.45, 2.75) is 25.7 Å². The molecule has 0 atom stereocenters. The van der Waals surface area contributed by atoms with Crippen molar-refractivity contribution in [3.05, 3.63) is 102 Å². The third-order valence-electron chi connectivity index (χ3n) is 9.61. The zero-order chi connectivity index (χ0) is 31.5. The van der Waals surface area contributed by atoms with E-state index in [0.717, 1.165) is 114 Å². The molecule has 3 saturated heterocycles. The van der Waals surface area contributed by atoms with Crippen LogP contribution >= 0.6 is 38.0 Å². The van der Waals surface area contributed by atoms with Crippen LogP contribution in [0, 0.1) is 0 Å². The van der Waals surface area contributed by atoms with E-state index in [2.05, 4.69) is 107 Å². The molecule has 244 valence electrons. The van der Waals surface area contributed by atoms with E-state index in [4.69, 9.17) is 26.0 Å². The molecule has 0 radical (unpaired) electrons. The number of hydrogen-bond acceptors (Lipinski definition) is 6. The first-order valence-electron chi connectivity index (χ1n) is 16.5. The van der Waals surface area contributed by atoms with Gasteiger partial charge >= 0.3 is 0 Å². The van der Waals surface area contributed by atoms with Gasteiger partial charge in [-0.3, -0.25) is 4.67 Å². The third-order valence-corrected chi connectivity index (χ3v) is 16.2. The molecule has 10 heteroatoms. The Balaban J connectivity index is 1.42. The van der Waals surface area contributed by atoms with Crippen LogP contribution < -0.4 is 0 Å². The van der Waals surface area contributed by atoms with E-state index in [1.54, 1.807) is 0 Å². The summed E-state index contributed by atoms with van der Waals surface area (Å²) < 4.78 is 22.6. The summed E-state index contributed by atoms with van der Waals surface area (Å²) in [5, 5.41) is 3.00. The van der Waals surface area contributed by atoms with Crippen LogP contribution in [0.1, 0.15) is 36.8 Å². The van der Waals surface area contributed by atoms with Crippen molar-refractivity contribution < 1.29 is 14.2 Å². The van der Waals surface area contributed by atoms with E-state index in [1.165, 1.54) is 44.3 Å². The highest BCUT2D eigenvalue weighted by Crippen LogP contribution is 2.72. The quantitative estimate of drug-likeness (QED) is 0.263. The summed E-state index contributed by atoms with van der Waals surface area (Å²) in [7, 11) is 0. The van der Waals surface area contributed by atoms with Crippen LogP contribution in [0.5, 0.6) is 0 Å². The van der Waals surface area contributed by atoms with Gasteiger partial charge in [0.25, 0.3) is 0 Å². The van der Waals surface area contributed by atoms with Gasteiger partial charge in [-0.05, 0) is 84.4 Å². The first-order chi connectivity index (χ1) is 22.5. The minimum atomic E-state index is -2.35. The highest BCUT2D eigenvalue weighted by Gasteiger charge is 2.44. The number of halogens is 2. The zero-order valence-electron chi connectivity index (χ0n) is 26.3. The molecule has 0 N–H and O–H groups in total. The van der Waals surface area contributed by atoms with E-state index >= 15 is 0 Å². The summed E-state index contributed by atoms with van der Waals surface area (Å²) in [6.07, 6.45) is 6.52. The van der Waals surface area contributed by atoms with Crippen molar-refractivity contribution >= 4 is 62.0 Å². The standard InChI is InChI=1S/C36H42Br2N3O3PS/c37-31-7-1-27(2-8-31)25-29-5-11-33(35(29)39-13-19-42-20-14-39)45(46,41-17-23-44-24-18-41)34-12-6-30(26-28-3-9-32(38)10-4-28)36(34)40-15-21-43-22-16-40/h1-4,7-10,25-26H,5-6,11-24H2. The molecule has 0 saturated carbocycles. The molecule has 6 nitrogen and oxygen atoms in total. The summed E-state index contributed by atoms with van der Waals surface area (Å²) in [6.45, 7) is 9.87. The van der Waals surface area contributed by atoms with Crippen LogP contribution in [0.15, 0.2) is 90.6 Å². The predicted octanol–water partition coefficient (Wildman–Crippen LogP) is 8.08. The van der Waals surface area contributed by atoms with Gasteiger partial charge in [0.1, 0.15) is 0 Å². The molecule has 0 aromatic heterocycles. The Hall–Kier alpha value is -1.55. The molecule has 0 amide bonds. The van der Waals surface area contributed by atoms with E-state index in [1.807, 2.05) is 0 Å². The van der Waals surface area contributed by atoms with Crippen LogP contribution in [-0.2, 0) is 26.0 Å². The Morgan fingerprint density at radius 3 is 1.30 bits per heavy atom. The topological polar surface area (TPSA) is 37.4 Å². The Morgan fingerprint density at radius 2 is 0.913 bits per heavy atom. The maximum Gasteiger partial charge on any atom is 0.0674 e. The Labute approximate surface area is 295 Å². The van der Waals surface area contributed by atoms with Gasteiger partial charge in [-0.25, -0.2) is 0 Å². The summed E-state index contributed by atoms with van der Waals surface area (Å²) in [5.41, 5.74) is 8.11. The van der Waals surface area contributed by atoms with Gasteiger partial charge in [0.15, 0.2) is 0 Å². The van der Waals surface area contributed by atoms with Gasteiger partial charge in [0.2, 0.25) is 0 Å². The number of morpholine rings is 3. The highest BCUT2D eigenvalue weighted by atomic mass is 79.9. The molecule has 3 aliphatic heterocycles. The van der Waals surface area contributed by atoms with Crippen LogP contribution in [0.4, 0.5) is 0 Å². The molecule has 2 aromatic carbocycles. The molecular formula is C36H42Br2N3O3PS. The normalized spacial score (nSPS) is 24.8. The number of hydrogen-bond donors (Lipinski definition) is 0. The fraction of sp³-hybridized carbons (Fsp3) is 0.444. The van der Waals surface area contributed by atoms with Gasteiger partial charge in [-0.15, -0.1) is 0 Å². The molecular weight excluding hydrogens is 745 g/mol. The molecule has 7 rings (SSSR count). The highest BCUT2D eigenvalue weighted by molar-refractivity contribution is 9.10. The molecule has 0 spiro atoms. The van der Waals surface area contributed by atoms with E-state index in [-0.39, 0.29) is 0 Å². The first kappa shape index (κ1) is 33.0. The second-order valence-corrected chi connectivity index (χ2v) is 18.6. The van der Waals surface area contributed by atoms with Crippen molar-refractivity contribution in [3.63, 3.8) is 0 Å². The zero-order valence-corrected chi connectivity index (χ0v) is 31.1. The van der Waals surface area contributed by atoms with Gasteiger partial charge in [0, 0.05) is 70.2 Å². The van der Waals surface area contributed by atoms with Gasteiger partial charge in [-0.1, -0.05) is 67.9 Å². The lowest BCUT2D eigenvalue weighted by Crippen LogP contribution is -2.38. The Bertz CT molecular complexity index is 1480. The lowest BCUT2D eigenvalue weighted by Gasteiger charge is -2.43. The Kier molecular flexibility index (Phi) is 10.7. The number of nitrogens with zero attached hydrogens (tertiary/aromatic N) is 3. The average molecular weight is 788 g/mol. The van der Waals surface area contributed by atoms with Crippen LogP contribution in [0.2, 0.25) is 0 Å². The Morgan fingerprint density at radius 1 is 0.543 bits per heavy atom. The van der Waals surface area contributed by atoms with Crippen molar-refractivity contribution in [1.29, 1.82) is 0 Å². The van der Waals surface area contributed by atoms with Crippen LogP contribution in [0.3, 0.4) is 0 Å². The molecule has 3 fully saturated rings. The number of benzene rings is 2. The minimum absolute atomic E-state index is 0.738. The lowest BCUT2D eigenvalue weighted by atomic mass is 10.1. The minimum Gasteiger partial charge on any atom is -0.379 e. The van der Waals surface area contributed by atoms with E-state index in [0.29, 0.717) is 0 Å². The molecule has 5 aliphatic rings. The van der Waals surface area contributed by atoms with Crippen molar-refractivity contribution in [3.8, 4) is 0 Å². The van der Waals surface area contributed by atoms with Gasteiger partial charge in [0.05, 0.1) is 45.8 Å². The van der Waals surface area contributed by atoms with Crippen molar-refractivity contribution in [2.75, 3.05) is 78.9 Å². The SMILES string of the molecule is S=P(C1=C(N2CCOCC2)C(=Cc2ccc(Br)cc2)CC1)(C1=C(N2CCOCC2)C(=Cc2ccc(Br)cc2)CC1)N1CCOCC1. The smallest absolute Gasteiger partial charge is 0.0674 e. The fourth-order valence-corrected chi connectivity index (χ4v) is 13.2. The summed E-state index contributed by atoms with van der Waals surface area (Å²) in [5.74, 6) is 0. The maximum atomic E-state index is 7.29. The summed E-state index contributed by atoms with van der Waals surface area (Å²) in [4.78, 5) is 5.20. The summed E-state index contributed by atoms with van der Waals surface area (Å²) >= 11 is 14.5. The molecule has 3 heterocycles. The van der Waals surface area contributed by atoms with Crippen molar-refractivity contribution in [1.82, 2.24) is 14.5 Å². The largest absolute Gasteiger partial charge is 0.379 e. The summed E-state index contributed by atoms with van der Waals surface area (Å²) in [6, 6.07) is 17.4. The fourth-order valence-electron chi connectivity index (χ4n) is 7.43. The van der Waals surface area contributed by atoms with Crippen LogP contribution in [0.25, 0.3) is 12.2 Å². The van der Waals surface area contributed by atoms with E-state index in [9.17, 15) is 0 Å². The molecule has 46 heavy (non-hydrogen) atoms. The van der Waals surface area contributed by atoms with Gasteiger partial charge < -0.3 is 24.0 Å². The second-order valence-electron chi connectivity index (χ2n) is 12.4. The average Bonchev–Trinajstić information content (AvgIpc) is 3.73. The molecule has 2 aliphatic carbocycles. The number of rotatable bonds is 7. The lowest BCUT2D eigenvalue weighted by molar-refractivity contribution is 0.0546. The first-order valence-corrected chi connectivity index (χ1v) is 20.8. The third kappa shape index (κ3) is 6.95.